The zero-order chi connectivity index (χ0) is 10.7. The Balaban J connectivity index is 1.90. The third-order valence-electron chi connectivity index (χ3n) is 1.88. The van der Waals surface area contributed by atoms with E-state index in [1.54, 1.807) is 11.3 Å². The van der Waals surface area contributed by atoms with E-state index in [9.17, 15) is 0 Å². The molecule has 2 heterocycles. The maximum Gasteiger partial charge on any atom is 0.207 e. The smallest absolute Gasteiger partial charge is 0.207 e. The van der Waals surface area contributed by atoms with Gasteiger partial charge in [0.25, 0.3) is 0 Å². The van der Waals surface area contributed by atoms with E-state index in [1.807, 2.05) is 0 Å². The summed E-state index contributed by atoms with van der Waals surface area (Å²) in [6, 6.07) is 2.13. The molecule has 2 rings (SSSR count). The number of rotatable bonds is 4. The van der Waals surface area contributed by atoms with E-state index < -0.39 is 0 Å². The van der Waals surface area contributed by atoms with Crippen LogP contribution in [0.5, 0.6) is 0 Å². The Morgan fingerprint density at radius 2 is 2.27 bits per heavy atom. The number of aromatic nitrogens is 2. The fourth-order valence-corrected chi connectivity index (χ4v) is 2.89. The number of hydrogen-bond acceptors (Lipinski definition) is 5. The first kappa shape index (κ1) is 11.0. The Morgan fingerprint density at radius 3 is 2.87 bits per heavy atom. The highest BCUT2D eigenvalue weighted by molar-refractivity contribution is 7.15. The number of hydrogen-bond donors (Lipinski definition) is 0. The van der Waals surface area contributed by atoms with Gasteiger partial charge in [-0.2, -0.15) is 11.3 Å². The molecular formula is C9H10ClN3S2. The van der Waals surface area contributed by atoms with Crippen LogP contribution in [0.25, 0.3) is 0 Å². The van der Waals surface area contributed by atoms with Crippen LogP contribution in [0, 0.1) is 0 Å². The van der Waals surface area contributed by atoms with Crippen molar-refractivity contribution in [1.82, 2.24) is 15.1 Å². The van der Waals surface area contributed by atoms with Gasteiger partial charge in [0.05, 0.1) is 6.54 Å². The average Bonchev–Trinajstić information content (AvgIpc) is 2.77. The average molecular weight is 260 g/mol. The standard InChI is InChI=1S/C9H10ClN3S2/c1-13(4-7-2-3-14-6-7)5-8-11-12-9(10)15-8/h2-3,6H,4-5H2,1H3. The predicted molar refractivity (Wildman–Crippen MR) is 64.4 cm³/mol. The molecule has 0 spiro atoms. The normalized spacial score (nSPS) is 11.1. The largest absolute Gasteiger partial charge is 0.295 e. The Morgan fingerprint density at radius 1 is 1.40 bits per heavy atom. The lowest BCUT2D eigenvalue weighted by Gasteiger charge is -2.13. The fraction of sp³-hybridized carbons (Fsp3) is 0.333. The molecule has 0 aliphatic heterocycles. The molecule has 2 aromatic heterocycles. The third-order valence-corrected chi connectivity index (χ3v) is 3.62. The van der Waals surface area contributed by atoms with Crippen molar-refractivity contribution in [3.05, 3.63) is 31.9 Å². The highest BCUT2D eigenvalue weighted by atomic mass is 35.5. The van der Waals surface area contributed by atoms with Gasteiger partial charge in [-0.25, -0.2) is 0 Å². The molecule has 0 aliphatic rings. The van der Waals surface area contributed by atoms with E-state index in [-0.39, 0.29) is 0 Å². The van der Waals surface area contributed by atoms with Crippen molar-refractivity contribution in [3.63, 3.8) is 0 Å². The van der Waals surface area contributed by atoms with Crippen molar-refractivity contribution >= 4 is 34.3 Å². The highest BCUT2D eigenvalue weighted by Gasteiger charge is 2.06. The first-order chi connectivity index (χ1) is 7.24. The van der Waals surface area contributed by atoms with Gasteiger partial charge in [0.2, 0.25) is 4.47 Å². The van der Waals surface area contributed by atoms with Crippen molar-refractivity contribution in [3.8, 4) is 0 Å². The Bertz CT molecular complexity index is 413. The lowest BCUT2D eigenvalue weighted by atomic mass is 10.3. The van der Waals surface area contributed by atoms with Crippen molar-refractivity contribution in [2.75, 3.05) is 7.05 Å². The number of thiophene rings is 1. The first-order valence-electron chi connectivity index (χ1n) is 4.41. The lowest BCUT2D eigenvalue weighted by Crippen LogP contribution is -2.16. The summed E-state index contributed by atoms with van der Waals surface area (Å²) in [5.74, 6) is 0. The van der Waals surface area contributed by atoms with Crippen LogP contribution in [0.4, 0.5) is 0 Å². The van der Waals surface area contributed by atoms with Crippen LogP contribution in [0.3, 0.4) is 0 Å². The van der Waals surface area contributed by atoms with Gasteiger partial charge in [0.1, 0.15) is 5.01 Å². The second kappa shape index (κ2) is 5.03. The van der Waals surface area contributed by atoms with Crippen LogP contribution < -0.4 is 0 Å². The summed E-state index contributed by atoms with van der Waals surface area (Å²) in [6.07, 6.45) is 0. The van der Waals surface area contributed by atoms with E-state index in [1.165, 1.54) is 16.9 Å². The molecule has 0 N–H and O–H groups in total. The van der Waals surface area contributed by atoms with Crippen LogP contribution in [0.2, 0.25) is 4.47 Å². The molecule has 0 fully saturated rings. The molecule has 3 nitrogen and oxygen atoms in total. The molecule has 0 aromatic carbocycles. The van der Waals surface area contributed by atoms with Crippen LogP contribution >= 0.6 is 34.3 Å². The fourth-order valence-electron chi connectivity index (χ4n) is 1.28. The summed E-state index contributed by atoms with van der Waals surface area (Å²) in [4.78, 5) is 2.19. The summed E-state index contributed by atoms with van der Waals surface area (Å²) in [6.45, 7) is 1.72. The second-order valence-corrected chi connectivity index (χ2v) is 5.68. The van der Waals surface area contributed by atoms with Gasteiger partial charge in [0, 0.05) is 6.54 Å². The Hall–Kier alpha value is -0.490. The molecule has 0 aliphatic carbocycles. The van der Waals surface area contributed by atoms with Gasteiger partial charge < -0.3 is 0 Å². The van der Waals surface area contributed by atoms with Gasteiger partial charge in [-0.1, -0.05) is 11.3 Å². The molecule has 0 radical (unpaired) electrons. The topological polar surface area (TPSA) is 29.0 Å². The Kier molecular flexibility index (Phi) is 3.69. The molecule has 0 bridgehead atoms. The molecule has 0 atom stereocenters. The van der Waals surface area contributed by atoms with Crippen LogP contribution in [0.1, 0.15) is 10.6 Å². The molecule has 0 amide bonds. The summed E-state index contributed by atoms with van der Waals surface area (Å²) in [5, 5.41) is 13.0. The van der Waals surface area contributed by atoms with E-state index in [0.29, 0.717) is 4.47 Å². The SMILES string of the molecule is CN(Cc1ccsc1)Cc1nnc(Cl)s1. The lowest BCUT2D eigenvalue weighted by molar-refractivity contribution is 0.318. The van der Waals surface area contributed by atoms with Crippen molar-refractivity contribution in [2.45, 2.75) is 13.1 Å². The van der Waals surface area contributed by atoms with Crippen molar-refractivity contribution in [1.29, 1.82) is 0 Å². The molecule has 6 heteroatoms. The number of halogens is 1. The second-order valence-electron chi connectivity index (χ2n) is 3.25. The molecule has 80 valence electrons. The first-order valence-corrected chi connectivity index (χ1v) is 6.55. The maximum atomic E-state index is 5.71. The monoisotopic (exact) mass is 259 g/mol. The van der Waals surface area contributed by atoms with Crippen LogP contribution in [-0.2, 0) is 13.1 Å². The minimum Gasteiger partial charge on any atom is -0.295 e. The summed E-state index contributed by atoms with van der Waals surface area (Å²) >= 11 is 8.87. The minimum atomic E-state index is 0.508. The van der Waals surface area contributed by atoms with Gasteiger partial charge in [-0.15, -0.1) is 10.2 Å². The zero-order valence-corrected chi connectivity index (χ0v) is 10.6. The zero-order valence-electron chi connectivity index (χ0n) is 8.18. The molecule has 0 unspecified atom stereocenters. The van der Waals surface area contributed by atoms with Gasteiger partial charge >= 0.3 is 0 Å². The van der Waals surface area contributed by atoms with Gasteiger partial charge in [0.15, 0.2) is 0 Å². The van der Waals surface area contributed by atoms with Crippen molar-refractivity contribution in [2.24, 2.45) is 0 Å². The van der Waals surface area contributed by atoms with Crippen LogP contribution in [-0.4, -0.2) is 22.1 Å². The third kappa shape index (κ3) is 3.24. The number of nitrogens with zero attached hydrogens (tertiary/aromatic N) is 3. The highest BCUT2D eigenvalue weighted by Crippen LogP contribution is 2.17. The summed E-state index contributed by atoms with van der Waals surface area (Å²) in [5.41, 5.74) is 1.33. The van der Waals surface area contributed by atoms with Gasteiger partial charge in [-0.3, -0.25) is 4.90 Å². The molecule has 2 aromatic rings. The molecular weight excluding hydrogens is 250 g/mol. The van der Waals surface area contributed by atoms with E-state index in [4.69, 9.17) is 11.6 Å². The van der Waals surface area contributed by atoms with Gasteiger partial charge in [-0.05, 0) is 41.0 Å². The molecule has 0 saturated heterocycles. The van der Waals surface area contributed by atoms with Crippen molar-refractivity contribution < 1.29 is 0 Å². The summed E-state index contributed by atoms with van der Waals surface area (Å²) < 4.78 is 0.508. The Labute approximate surface area is 101 Å². The quantitative estimate of drug-likeness (QED) is 0.846. The molecule has 15 heavy (non-hydrogen) atoms. The predicted octanol–water partition coefficient (Wildman–Crippen LogP) is 2.89. The van der Waals surface area contributed by atoms with E-state index in [0.717, 1.165) is 18.1 Å². The van der Waals surface area contributed by atoms with E-state index in [2.05, 4.69) is 39.0 Å². The summed E-state index contributed by atoms with van der Waals surface area (Å²) in [7, 11) is 2.06. The molecule has 0 saturated carbocycles. The van der Waals surface area contributed by atoms with E-state index >= 15 is 0 Å². The maximum absolute atomic E-state index is 5.71. The minimum absolute atomic E-state index is 0.508. The van der Waals surface area contributed by atoms with Crippen LogP contribution in [0.15, 0.2) is 16.8 Å².